The van der Waals surface area contributed by atoms with Crippen molar-refractivity contribution < 1.29 is 9.84 Å². The van der Waals surface area contributed by atoms with Crippen molar-refractivity contribution >= 4 is 5.69 Å². The molecule has 1 aromatic carbocycles. The van der Waals surface area contributed by atoms with E-state index >= 15 is 0 Å². The highest BCUT2D eigenvalue weighted by Gasteiger charge is 2.33. The first-order valence-corrected chi connectivity index (χ1v) is 6.62. The molecule has 0 unspecified atom stereocenters. The van der Waals surface area contributed by atoms with Gasteiger partial charge in [-0.15, -0.1) is 0 Å². The van der Waals surface area contributed by atoms with Crippen LogP contribution in [0.15, 0.2) is 24.3 Å². The van der Waals surface area contributed by atoms with Gasteiger partial charge in [0, 0.05) is 37.9 Å². The summed E-state index contributed by atoms with van der Waals surface area (Å²) >= 11 is 0. The number of hydrogen-bond donors (Lipinski definition) is 1. The van der Waals surface area contributed by atoms with Gasteiger partial charge in [0.25, 0.3) is 0 Å². The van der Waals surface area contributed by atoms with Crippen molar-refractivity contribution in [3.05, 3.63) is 29.8 Å². The summed E-state index contributed by atoms with van der Waals surface area (Å²) in [5, 5.41) is 9.70. The van der Waals surface area contributed by atoms with Gasteiger partial charge >= 0.3 is 0 Å². The van der Waals surface area contributed by atoms with Crippen molar-refractivity contribution in [1.29, 1.82) is 0 Å². The molecule has 1 saturated heterocycles. The van der Waals surface area contributed by atoms with Crippen LogP contribution in [0.1, 0.15) is 18.4 Å². The number of hydrogen-bond acceptors (Lipinski definition) is 3. The monoisotopic (exact) mass is 249 g/mol. The van der Waals surface area contributed by atoms with Crippen molar-refractivity contribution in [2.24, 2.45) is 5.41 Å². The summed E-state index contributed by atoms with van der Waals surface area (Å²) < 4.78 is 5.40. The van der Waals surface area contributed by atoms with Crippen LogP contribution in [0.5, 0.6) is 0 Å². The zero-order valence-corrected chi connectivity index (χ0v) is 11.4. The van der Waals surface area contributed by atoms with Crippen LogP contribution in [0.25, 0.3) is 0 Å². The van der Waals surface area contributed by atoms with E-state index in [9.17, 15) is 5.11 Å². The lowest BCUT2D eigenvalue weighted by atomic mass is 9.80. The van der Waals surface area contributed by atoms with Gasteiger partial charge in [-0.2, -0.15) is 0 Å². The molecule has 1 aromatic rings. The second-order valence-electron chi connectivity index (χ2n) is 5.46. The number of rotatable bonds is 4. The lowest BCUT2D eigenvalue weighted by Gasteiger charge is -2.39. The van der Waals surface area contributed by atoms with Gasteiger partial charge in [0.05, 0.1) is 6.61 Å². The van der Waals surface area contributed by atoms with Crippen molar-refractivity contribution in [3.63, 3.8) is 0 Å². The number of ether oxygens (including phenoxy) is 1. The fourth-order valence-electron chi connectivity index (χ4n) is 2.56. The summed E-state index contributed by atoms with van der Waals surface area (Å²) in [6.07, 6.45) is 1.89. The smallest absolute Gasteiger partial charge is 0.0506 e. The van der Waals surface area contributed by atoms with Crippen LogP contribution in [0.4, 0.5) is 5.69 Å². The molecule has 0 radical (unpaired) electrons. The van der Waals surface area contributed by atoms with Crippen LogP contribution in [0.3, 0.4) is 0 Å². The molecule has 0 spiro atoms. The third-order valence-electron chi connectivity index (χ3n) is 3.94. The fourth-order valence-corrected chi connectivity index (χ4v) is 2.56. The van der Waals surface area contributed by atoms with E-state index in [1.807, 2.05) is 0 Å². The standard InChI is InChI=1S/C15H23NO2/c1-13-3-5-14(6-4-13)16(2)11-15(12-17)7-9-18-10-8-15/h3-6,17H,7-12H2,1-2H3. The van der Waals surface area contributed by atoms with Crippen LogP contribution >= 0.6 is 0 Å². The van der Waals surface area contributed by atoms with Crippen LogP contribution in [0.2, 0.25) is 0 Å². The summed E-state index contributed by atoms with van der Waals surface area (Å²) in [5.74, 6) is 0. The maximum Gasteiger partial charge on any atom is 0.0506 e. The quantitative estimate of drug-likeness (QED) is 0.888. The number of benzene rings is 1. The molecule has 18 heavy (non-hydrogen) atoms. The van der Waals surface area contributed by atoms with Gasteiger partial charge in [-0.05, 0) is 31.9 Å². The predicted molar refractivity (Wildman–Crippen MR) is 74.0 cm³/mol. The average Bonchev–Trinajstić information content (AvgIpc) is 2.40. The number of anilines is 1. The average molecular weight is 249 g/mol. The first-order chi connectivity index (χ1) is 8.65. The van der Waals surface area contributed by atoms with Crippen LogP contribution in [0, 0.1) is 12.3 Å². The zero-order valence-electron chi connectivity index (χ0n) is 11.4. The predicted octanol–water partition coefficient (Wildman–Crippen LogP) is 2.22. The largest absolute Gasteiger partial charge is 0.396 e. The summed E-state index contributed by atoms with van der Waals surface area (Å²) in [4.78, 5) is 2.24. The van der Waals surface area contributed by atoms with Crippen molar-refractivity contribution in [2.75, 3.05) is 38.3 Å². The van der Waals surface area contributed by atoms with E-state index in [4.69, 9.17) is 4.74 Å². The Balaban J connectivity index is 2.04. The van der Waals surface area contributed by atoms with Gasteiger partial charge in [0.1, 0.15) is 0 Å². The molecule has 1 aliphatic heterocycles. The second-order valence-corrected chi connectivity index (χ2v) is 5.46. The minimum atomic E-state index is -0.00210. The number of aliphatic hydroxyl groups is 1. The number of aryl methyl sites for hydroxylation is 1. The fraction of sp³-hybridized carbons (Fsp3) is 0.600. The van der Waals surface area contributed by atoms with E-state index in [1.54, 1.807) is 0 Å². The van der Waals surface area contributed by atoms with Gasteiger partial charge in [-0.3, -0.25) is 0 Å². The molecule has 3 heteroatoms. The first-order valence-electron chi connectivity index (χ1n) is 6.62. The molecule has 0 saturated carbocycles. The minimum absolute atomic E-state index is 0.00210. The van der Waals surface area contributed by atoms with E-state index in [1.165, 1.54) is 11.3 Å². The summed E-state index contributed by atoms with van der Waals surface area (Å²) in [6.45, 7) is 4.75. The highest BCUT2D eigenvalue weighted by molar-refractivity contribution is 5.46. The summed E-state index contributed by atoms with van der Waals surface area (Å²) in [5.41, 5.74) is 2.48. The van der Waals surface area contributed by atoms with E-state index in [-0.39, 0.29) is 12.0 Å². The van der Waals surface area contributed by atoms with E-state index in [0.717, 1.165) is 32.6 Å². The second kappa shape index (κ2) is 5.72. The lowest BCUT2D eigenvalue weighted by molar-refractivity contribution is -0.0113. The summed E-state index contributed by atoms with van der Waals surface area (Å²) in [7, 11) is 2.09. The maximum atomic E-state index is 9.70. The van der Waals surface area contributed by atoms with Gasteiger partial charge in [0.15, 0.2) is 0 Å². The van der Waals surface area contributed by atoms with Gasteiger partial charge < -0.3 is 14.7 Å². The Morgan fingerprint density at radius 2 is 1.83 bits per heavy atom. The molecule has 0 amide bonds. The van der Waals surface area contributed by atoms with Gasteiger partial charge in [0.2, 0.25) is 0 Å². The molecule has 100 valence electrons. The molecule has 0 atom stereocenters. The molecule has 1 N–H and O–H groups in total. The SMILES string of the molecule is Cc1ccc(N(C)CC2(CO)CCOCC2)cc1. The molecular weight excluding hydrogens is 226 g/mol. The normalized spacial score (nSPS) is 18.6. The van der Waals surface area contributed by atoms with Crippen LogP contribution in [-0.2, 0) is 4.74 Å². The van der Waals surface area contributed by atoms with E-state index in [0.29, 0.717) is 0 Å². The van der Waals surface area contributed by atoms with E-state index in [2.05, 4.69) is 43.1 Å². The van der Waals surface area contributed by atoms with Crippen molar-refractivity contribution in [1.82, 2.24) is 0 Å². The molecule has 3 nitrogen and oxygen atoms in total. The van der Waals surface area contributed by atoms with E-state index < -0.39 is 0 Å². The molecule has 1 heterocycles. The molecule has 1 aliphatic rings. The Labute approximate surface area is 109 Å². The zero-order chi connectivity index (χ0) is 13.0. The Hall–Kier alpha value is -1.06. The highest BCUT2D eigenvalue weighted by Crippen LogP contribution is 2.32. The Kier molecular flexibility index (Phi) is 4.25. The molecule has 0 aromatic heterocycles. The lowest BCUT2D eigenvalue weighted by Crippen LogP contribution is -2.42. The summed E-state index contributed by atoms with van der Waals surface area (Å²) in [6, 6.07) is 8.53. The third-order valence-corrected chi connectivity index (χ3v) is 3.94. The molecule has 1 fully saturated rings. The molecule has 2 rings (SSSR count). The highest BCUT2D eigenvalue weighted by atomic mass is 16.5. The first kappa shape index (κ1) is 13.4. The Morgan fingerprint density at radius 1 is 1.22 bits per heavy atom. The third kappa shape index (κ3) is 3.03. The van der Waals surface area contributed by atoms with Crippen molar-refractivity contribution in [3.8, 4) is 0 Å². The van der Waals surface area contributed by atoms with Gasteiger partial charge in [-0.1, -0.05) is 17.7 Å². The topological polar surface area (TPSA) is 32.7 Å². The minimum Gasteiger partial charge on any atom is -0.396 e. The number of aliphatic hydroxyl groups excluding tert-OH is 1. The molecule has 0 bridgehead atoms. The Morgan fingerprint density at radius 3 is 2.39 bits per heavy atom. The van der Waals surface area contributed by atoms with Crippen LogP contribution < -0.4 is 4.90 Å². The Bertz CT molecular complexity index is 369. The van der Waals surface area contributed by atoms with Crippen molar-refractivity contribution in [2.45, 2.75) is 19.8 Å². The number of nitrogens with zero attached hydrogens (tertiary/aromatic N) is 1. The molecule has 0 aliphatic carbocycles. The maximum absolute atomic E-state index is 9.70. The van der Waals surface area contributed by atoms with Gasteiger partial charge in [-0.25, -0.2) is 0 Å². The van der Waals surface area contributed by atoms with Crippen LogP contribution in [-0.4, -0.2) is 38.5 Å². The molecular formula is C15H23NO2.